The topological polar surface area (TPSA) is 33.2 Å². The summed E-state index contributed by atoms with van der Waals surface area (Å²) < 4.78 is 26.3. The third kappa shape index (κ3) is 2.53. The zero-order valence-electron chi connectivity index (χ0n) is 10.7. The molecule has 6 heteroatoms. The molecule has 2 rings (SSSR count). The van der Waals surface area contributed by atoms with Gasteiger partial charge in [0.25, 0.3) is 5.92 Å². The number of alkyl halides is 2. The number of anilines is 1. The molecule has 0 spiro atoms. The number of aromatic nitrogens is 1. The fourth-order valence-corrected chi connectivity index (χ4v) is 3.09. The lowest BCUT2D eigenvalue weighted by molar-refractivity contribution is 0.0257. The first-order valence-corrected chi connectivity index (χ1v) is 6.76. The third-order valence-corrected chi connectivity index (χ3v) is 4.21. The average Bonchev–Trinajstić information content (AvgIpc) is 2.80. The first kappa shape index (κ1) is 13.4. The van der Waals surface area contributed by atoms with Gasteiger partial charge in [0, 0.05) is 18.9 Å². The second-order valence-corrected chi connectivity index (χ2v) is 5.93. The van der Waals surface area contributed by atoms with Crippen LogP contribution in [0.1, 0.15) is 35.6 Å². The minimum absolute atomic E-state index is 0.0298. The molecule has 18 heavy (non-hydrogen) atoms. The van der Waals surface area contributed by atoms with Crippen molar-refractivity contribution in [3.63, 3.8) is 0 Å². The summed E-state index contributed by atoms with van der Waals surface area (Å²) in [5.41, 5.74) is 0.643. The molecule has 3 nitrogen and oxygen atoms in total. The summed E-state index contributed by atoms with van der Waals surface area (Å²) in [4.78, 5) is 18.3. The molecular formula is C12H16F2N2OS. The summed E-state index contributed by atoms with van der Waals surface area (Å²) in [7, 11) is 0. The fourth-order valence-electron chi connectivity index (χ4n) is 1.91. The molecule has 0 aliphatic carbocycles. The van der Waals surface area contributed by atoms with Crippen molar-refractivity contribution >= 4 is 22.3 Å². The molecule has 0 N–H and O–H groups in total. The summed E-state index contributed by atoms with van der Waals surface area (Å²) in [6.07, 6.45) is -0.140. The predicted molar refractivity (Wildman–Crippen MR) is 67.8 cm³/mol. The largest absolute Gasteiger partial charge is 0.342 e. The second kappa shape index (κ2) is 4.57. The van der Waals surface area contributed by atoms with Crippen LogP contribution >= 0.6 is 11.3 Å². The van der Waals surface area contributed by atoms with E-state index in [0.29, 0.717) is 22.2 Å². The molecule has 1 fully saturated rings. The minimum atomic E-state index is -2.64. The highest BCUT2D eigenvalue weighted by atomic mass is 32.1. The Bertz CT molecular complexity index is 471. The Morgan fingerprint density at radius 3 is 2.67 bits per heavy atom. The smallest absolute Gasteiger partial charge is 0.267 e. The van der Waals surface area contributed by atoms with Crippen LogP contribution in [-0.4, -0.2) is 29.8 Å². The van der Waals surface area contributed by atoms with E-state index >= 15 is 0 Å². The van der Waals surface area contributed by atoms with Crippen LogP contribution in [0.25, 0.3) is 0 Å². The Balaban J connectivity index is 2.22. The van der Waals surface area contributed by atoms with Gasteiger partial charge in [-0.1, -0.05) is 25.2 Å². The van der Waals surface area contributed by atoms with Crippen LogP contribution in [0.2, 0.25) is 0 Å². The number of hydrogen-bond acceptors (Lipinski definition) is 4. The summed E-state index contributed by atoms with van der Waals surface area (Å²) in [5.74, 6) is -2.71. The zero-order valence-corrected chi connectivity index (χ0v) is 11.5. The van der Waals surface area contributed by atoms with Gasteiger partial charge in [0.05, 0.1) is 17.1 Å². The van der Waals surface area contributed by atoms with E-state index in [1.807, 2.05) is 13.8 Å². The van der Waals surface area contributed by atoms with Crippen molar-refractivity contribution in [2.24, 2.45) is 5.92 Å². The Kier molecular flexibility index (Phi) is 3.40. The second-order valence-electron chi connectivity index (χ2n) is 4.96. The van der Waals surface area contributed by atoms with Crippen LogP contribution in [0.5, 0.6) is 0 Å². The van der Waals surface area contributed by atoms with Crippen molar-refractivity contribution in [1.82, 2.24) is 4.98 Å². The summed E-state index contributed by atoms with van der Waals surface area (Å²) in [6, 6.07) is 0. The molecule has 100 valence electrons. The lowest BCUT2D eigenvalue weighted by Crippen LogP contribution is -2.24. The Hall–Kier alpha value is -1.04. The molecule has 0 radical (unpaired) electrons. The molecule has 0 aromatic carbocycles. The van der Waals surface area contributed by atoms with Crippen molar-refractivity contribution in [2.45, 2.75) is 33.1 Å². The highest BCUT2D eigenvalue weighted by molar-refractivity contribution is 7.17. The van der Waals surface area contributed by atoms with E-state index in [2.05, 4.69) is 4.98 Å². The lowest BCUT2D eigenvalue weighted by atomic mass is 10.1. The van der Waals surface area contributed by atoms with Crippen LogP contribution in [0, 0.1) is 12.8 Å². The van der Waals surface area contributed by atoms with Gasteiger partial charge < -0.3 is 4.90 Å². The molecule has 0 saturated carbocycles. The number of carbonyl (C=O) groups is 1. The Morgan fingerprint density at radius 1 is 1.50 bits per heavy atom. The van der Waals surface area contributed by atoms with E-state index in [1.54, 1.807) is 11.8 Å². The van der Waals surface area contributed by atoms with Crippen molar-refractivity contribution < 1.29 is 13.6 Å². The number of thiazole rings is 1. The monoisotopic (exact) mass is 274 g/mol. The summed E-state index contributed by atoms with van der Waals surface area (Å²) >= 11 is 1.23. The van der Waals surface area contributed by atoms with Gasteiger partial charge in [0.1, 0.15) is 0 Å². The van der Waals surface area contributed by atoms with E-state index in [9.17, 15) is 13.6 Å². The van der Waals surface area contributed by atoms with Gasteiger partial charge in [-0.2, -0.15) is 0 Å². The minimum Gasteiger partial charge on any atom is -0.342 e. The number of aryl methyl sites for hydroxylation is 1. The highest BCUT2D eigenvalue weighted by Crippen LogP contribution is 2.34. The fraction of sp³-hybridized carbons (Fsp3) is 0.667. The number of hydrogen-bond donors (Lipinski definition) is 0. The van der Waals surface area contributed by atoms with Crippen molar-refractivity contribution in [3.05, 3.63) is 10.6 Å². The molecule has 0 atom stereocenters. The van der Waals surface area contributed by atoms with Crippen LogP contribution in [0.15, 0.2) is 0 Å². The van der Waals surface area contributed by atoms with Crippen LogP contribution < -0.4 is 4.90 Å². The Morgan fingerprint density at radius 2 is 2.17 bits per heavy atom. The average molecular weight is 274 g/mol. The maximum Gasteiger partial charge on any atom is 0.267 e. The predicted octanol–water partition coefficient (Wildman–Crippen LogP) is 3.14. The molecular weight excluding hydrogens is 258 g/mol. The van der Waals surface area contributed by atoms with Gasteiger partial charge in [-0.25, -0.2) is 13.8 Å². The number of halogens is 2. The van der Waals surface area contributed by atoms with Crippen molar-refractivity contribution in [3.8, 4) is 0 Å². The SMILES string of the molecule is Cc1nc(N2CCC(F)(F)C2)sc1C(=O)C(C)C. The first-order valence-electron chi connectivity index (χ1n) is 5.94. The van der Waals surface area contributed by atoms with E-state index in [-0.39, 0.29) is 24.7 Å². The molecule has 0 bridgehead atoms. The molecule has 1 aliphatic heterocycles. The lowest BCUT2D eigenvalue weighted by Gasteiger charge is -2.13. The maximum atomic E-state index is 13.1. The van der Waals surface area contributed by atoms with E-state index in [0.717, 1.165) is 0 Å². The van der Waals surface area contributed by atoms with E-state index in [1.165, 1.54) is 11.3 Å². The van der Waals surface area contributed by atoms with Gasteiger partial charge in [-0.05, 0) is 6.92 Å². The highest BCUT2D eigenvalue weighted by Gasteiger charge is 2.39. The standard InChI is InChI=1S/C12H16F2N2OS/c1-7(2)9(17)10-8(3)15-11(18-10)16-5-4-12(13,14)6-16/h7H,4-6H2,1-3H3. The van der Waals surface area contributed by atoms with E-state index < -0.39 is 5.92 Å². The van der Waals surface area contributed by atoms with Gasteiger partial charge in [0.15, 0.2) is 10.9 Å². The van der Waals surface area contributed by atoms with Gasteiger partial charge in [-0.15, -0.1) is 0 Å². The number of nitrogens with zero attached hydrogens (tertiary/aromatic N) is 2. The van der Waals surface area contributed by atoms with Gasteiger partial charge in [0.2, 0.25) is 0 Å². The van der Waals surface area contributed by atoms with Crippen LogP contribution in [0.4, 0.5) is 13.9 Å². The Labute approximate surface area is 109 Å². The number of carbonyl (C=O) groups excluding carboxylic acids is 1. The molecule has 1 aliphatic rings. The number of rotatable bonds is 3. The van der Waals surface area contributed by atoms with Crippen molar-refractivity contribution in [1.29, 1.82) is 0 Å². The van der Waals surface area contributed by atoms with Gasteiger partial charge in [-0.3, -0.25) is 4.79 Å². The van der Waals surface area contributed by atoms with Crippen LogP contribution in [-0.2, 0) is 0 Å². The number of ketones is 1. The quantitative estimate of drug-likeness (QED) is 0.794. The molecule has 0 unspecified atom stereocenters. The summed E-state index contributed by atoms with van der Waals surface area (Å²) in [5, 5.41) is 0.536. The third-order valence-electron chi connectivity index (χ3n) is 2.97. The molecule has 1 aromatic heterocycles. The first-order chi connectivity index (χ1) is 8.30. The molecule has 2 heterocycles. The molecule has 1 aromatic rings. The van der Waals surface area contributed by atoms with E-state index in [4.69, 9.17) is 0 Å². The molecule has 0 amide bonds. The normalized spacial score (nSPS) is 18.7. The van der Waals surface area contributed by atoms with Crippen molar-refractivity contribution in [2.75, 3.05) is 18.0 Å². The molecule has 1 saturated heterocycles. The van der Waals surface area contributed by atoms with Gasteiger partial charge >= 0.3 is 0 Å². The van der Waals surface area contributed by atoms with Crippen LogP contribution in [0.3, 0.4) is 0 Å². The maximum absolute atomic E-state index is 13.1. The zero-order chi connectivity index (χ0) is 13.5. The summed E-state index contributed by atoms with van der Waals surface area (Å²) in [6.45, 7) is 5.41. The number of Topliss-reactive ketones (excluding diaryl/α,β-unsaturated/α-hetero) is 1.